The molecule has 1 aliphatic rings. The second-order valence-corrected chi connectivity index (χ2v) is 5.42. The average Bonchev–Trinajstić information content (AvgIpc) is 3.07. The summed E-state index contributed by atoms with van der Waals surface area (Å²) in [4.78, 5) is 14.3. The van der Waals surface area contributed by atoms with Crippen molar-refractivity contribution in [1.29, 1.82) is 0 Å². The number of carbonyl (C=O) groups excluding carboxylic acids is 1. The van der Waals surface area contributed by atoms with Gasteiger partial charge in [0.2, 0.25) is 5.76 Å². The van der Waals surface area contributed by atoms with Crippen LogP contribution in [0.2, 0.25) is 5.02 Å². The fourth-order valence-corrected chi connectivity index (χ4v) is 2.95. The number of hydrogen-bond donors (Lipinski definition) is 0. The van der Waals surface area contributed by atoms with E-state index in [4.69, 9.17) is 16.1 Å². The molecule has 0 unspecified atom stereocenters. The maximum absolute atomic E-state index is 12.5. The molecule has 20 heavy (non-hydrogen) atoms. The Balaban J connectivity index is 1.90. The van der Waals surface area contributed by atoms with E-state index in [9.17, 15) is 4.79 Å². The highest BCUT2D eigenvalue weighted by atomic mass is 35.5. The number of benzene rings is 1. The SMILES string of the molecule is Cc1cc(C(=O)N2CCC[C@@H]2c2ccccc2Cl)on1. The van der Waals surface area contributed by atoms with E-state index in [1.165, 1.54) is 0 Å². The zero-order chi connectivity index (χ0) is 14.1. The summed E-state index contributed by atoms with van der Waals surface area (Å²) in [6, 6.07) is 9.36. The molecule has 0 saturated carbocycles. The summed E-state index contributed by atoms with van der Waals surface area (Å²) in [5.41, 5.74) is 1.71. The van der Waals surface area contributed by atoms with Crippen LogP contribution in [0.25, 0.3) is 0 Å². The van der Waals surface area contributed by atoms with Gasteiger partial charge in [0, 0.05) is 17.6 Å². The van der Waals surface area contributed by atoms with E-state index in [1.54, 1.807) is 13.0 Å². The Labute approximate surface area is 122 Å². The van der Waals surface area contributed by atoms with Crippen LogP contribution in [-0.2, 0) is 0 Å². The first-order chi connectivity index (χ1) is 9.66. The lowest BCUT2D eigenvalue weighted by atomic mass is 10.0. The van der Waals surface area contributed by atoms with Crippen molar-refractivity contribution < 1.29 is 9.32 Å². The number of halogens is 1. The molecule has 1 saturated heterocycles. The van der Waals surface area contributed by atoms with Crippen LogP contribution in [0, 0.1) is 6.92 Å². The third kappa shape index (κ3) is 2.31. The summed E-state index contributed by atoms with van der Waals surface area (Å²) in [5.74, 6) is 0.175. The van der Waals surface area contributed by atoms with Crippen LogP contribution in [0.1, 0.15) is 40.7 Å². The minimum atomic E-state index is -0.118. The number of rotatable bonds is 2. The molecule has 1 atom stereocenters. The van der Waals surface area contributed by atoms with Gasteiger partial charge in [-0.05, 0) is 31.4 Å². The smallest absolute Gasteiger partial charge is 0.292 e. The summed E-state index contributed by atoms with van der Waals surface area (Å²) in [6.07, 6.45) is 1.89. The Kier molecular flexibility index (Phi) is 3.49. The minimum Gasteiger partial charge on any atom is -0.351 e. The molecule has 0 radical (unpaired) electrons. The third-order valence-electron chi connectivity index (χ3n) is 3.62. The molecule has 1 amide bonds. The molecule has 5 heteroatoms. The lowest BCUT2D eigenvalue weighted by Gasteiger charge is -2.24. The lowest BCUT2D eigenvalue weighted by molar-refractivity contribution is 0.0693. The summed E-state index contributed by atoms with van der Waals surface area (Å²) < 4.78 is 5.08. The predicted molar refractivity (Wildman–Crippen MR) is 75.7 cm³/mol. The molecule has 3 rings (SSSR count). The largest absolute Gasteiger partial charge is 0.351 e. The van der Waals surface area contributed by atoms with E-state index in [0.29, 0.717) is 23.0 Å². The molecule has 0 aliphatic carbocycles. The second kappa shape index (κ2) is 5.29. The van der Waals surface area contributed by atoms with Crippen LogP contribution in [0.5, 0.6) is 0 Å². The molecule has 0 N–H and O–H groups in total. The molecule has 1 fully saturated rings. The van der Waals surface area contributed by atoms with E-state index in [0.717, 1.165) is 18.4 Å². The van der Waals surface area contributed by atoms with Crippen LogP contribution >= 0.6 is 11.6 Å². The van der Waals surface area contributed by atoms with Crippen molar-refractivity contribution in [2.45, 2.75) is 25.8 Å². The van der Waals surface area contributed by atoms with Gasteiger partial charge in [-0.1, -0.05) is 35.0 Å². The fourth-order valence-electron chi connectivity index (χ4n) is 2.68. The van der Waals surface area contributed by atoms with E-state index in [-0.39, 0.29) is 11.9 Å². The molecule has 0 spiro atoms. The first kappa shape index (κ1) is 13.2. The Hall–Kier alpha value is -1.81. The minimum absolute atomic E-state index is 0.0154. The zero-order valence-corrected chi connectivity index (χ0v) is 11.9. The van der Waals surface area contributed by atoms with Crippen molar-refractivity contribution >= 4 is 17.5 Å². The summed E-state index contributed by atoms with van der Waals surface area (Å²) in [5, 5.41) is 4.48. The summed E-state index contributed by atoms with van der Waals surface area (Å²) in [6.45, 7) is 2.52. The fraction of sp³-hybridized carbons (Fsp3) is 0.333. The first-order valence-electron chi connectivity index (χ1n) is 6.65. The molecule has 1 aliphatic heterocycles. The number of likely N-dealkylation sites (tertiary alicyclic amines) is 1. The van der Waals surface area contributed by atoms with Crippen LogP contribution in [0.4, 0.5) is 0 Å². The Bertz CT molecular complexity index is 638. The first-order valence-corrected chi connectivity index (χ1v) is 7.03. The molecule has 2 heterocycles. The van der Waals surface area contributed by atoms with Crippen molar-refractivity contribution in [2.75, 3.05) is 6.54 Å². The van der Waals surface area contributed by atoms with Gasteiger partial charge in [-0.3, -0.25) is 4.79 Å². The van der Waals surface area contributed by atoms with E-state index in [1.807, 2.05) is 29.2 Å². The summed E-state index contributed by atoms with van der Waals surface area (Å²) in [7, 11) is 0. The van der Waals surface area contributed by atoms with Gasteiger partial charge in [0.25, 0.3) is 5.91 Å². The number of hydrogen-bond acceptors (Lipinski definition) is 3. The van der Waals surface area contributed by atoms with E-state index >= 15 is 0 Å². The molecular formula is C15H15ClN2O2. The van der Waals surface area contributed by atoms with Gasteiger partial charge in [0.15, 0.2) is 0 Å². The third-order valence-corrected chi connectivity index (χ3v) is 3.96. The Morgan fingerprint density at radius 1 is 1.45 bits per heavy atom. The number of aryl methyl sites for hydroxylation is 1. The molecule has 1 aromatic carbocycles. The molecule has 0 bridgehead atoms. The second-order valence-electron chi connectivity index (χ2n) is 5.01. The van der Waals surface area contributed by atoms with Gasteiger partial charge in [0.1, 0.15) is 0 Å². The van der Waals surface area contributed by atoms with E-state index in [2.05, 4.69) is 5.16 Å². The van der Waals surface area contributed by atoms with Gasteiger partial charge < -0.3 is 9.42 Å². The van der Waals surface area contributed by atoms with Crippen molar-refractivity contribution in [3.05, 3.63) is 52.4 Å². The van der Waals surface area contributed by atoms with Crippen molar-refractivity contribution in [1.82, 2.24) is 10.1 Å². The molecule has 104 valence electrons. The van der Waals surface area contributed by atoms with Gasteiger partial charge >= 0.3 is 0 Å². The molecule has 1 aromatic heterocycles. The monoisotopic (exact) mass is 290 g/mol. The van der Waals surface area contributed by atoms with Crippen molar-refractivity contribution in [3.8, 4) is 0 Å². The van der Waals surface area contributed by atoms with Crippen LogP contribution in [0.15, 0.2) is 34.9 Å². The zero-order valence-electron chi connectivity index (χ0n) is 11.2. The Morgan fingerprint density at radius 2 is 2.25 bits per heavy atom. The molecule has 2 aromatic rings. The van der Waals surface area contributed by atoms with Crippen LogP contribution in [-0.4, -0.2) is 22.5 Å². The van der Waals surface area contributed by atoms with Crippen molar-refractivity contribution in [3.63, 3.8) is 0 Å². The van der Waals surface area contributed by atoms with Gasteiger partial charge in [0.05, 0.1) is 11.7 Å². The topological polar surface area (TPSA) is 46.3 Å². The average molecular weight is 291 g/mol. The van der Waals surface area contributed by atoms with Gasteiger partial charge in [-0.2, -0.15) is 0 Å². The van der Waals surface area contributed by atoms with Crippen LogP contribution in [0.3, 0.4) is 0 Å². The van der Waals surface area contributed by atoms with Crippen molar-refractivity contribution in [2.24, 2.45) is 0 Å². The standard InChI is InChI=1S/C15H15ClN2O2/c1-10-9-14(20-17-10)15(19)18-8-4-7-13(18)11-5-2-3-6-12(11)16/h2-3,5-6,9,13H,4,7-8H2,1H3/t13-/m1/s1. The maximum Gasteiger partial charge on any atom is 0.292 e. The van der Waals surface area contributed by atoms with E-state index < -0.39 is 0 Å². The maximum atomic E-state index is 12.5. The Morgan fingerprint density at radius 3 is 2.95 bits per heavy atom. The summed E-state index contributed by atoms with van der Waals surface area (Å²) >= 11 is 6.25. The molecule has 4 nitrogen and oxygen atoms in total. The lowest BCUT2D eigenvalue weighted by Crippen LogP contribution is -2.30. The predicted octanol–water partition coefficient (Wildman–Crippen LogP) is 3.61. The van der Waals surface area contributed by atoms with Crippen LogP contribution < -0.4 is 0 Å². The number of carbonyl (C=O) groups is 1. The number of nitrogens with zero attached hydrogens (tertiary/aromatic N) is 2. The highest BCUT2D eigenvalue weighted by Gasteiger charge is 2.33. The highest BCUT2D eigenvalue weighted by molar-refractivity contribution is 6.31. The normalized spacial score (nSPS) is 18.5. The number of amides is 1. The van der Waals surface area contributed by atoms with Gasteiger partial charge in [-0.25, -0.2) is 0 Å². The quantitative estimate of drug-likeness (QED) is 0.849. The molecular weight excluding hydrogens is 276 g/mol. The number of aromatic nitrogens is 1. The van der Waals surface area contributed by atoms with Gasteiger partial charge in [-0.15, -0.1) is 0 Å². The highest BCUT2D eigenvalue weighted by Crippen LogP contribution is 2.36.